The second kappa shape index (κ2) is 10.4. The molecule has 232 valence electrons. The molecule has 0 bridgehead atoms. The van der Waals surface area contributed by atoms with Gasteiger partial charge in [0.05, 0.1) is 16.7 Å². The zero-order chi connectivity index (χ0) is 32.7. The fraction of sp³-hybridized carbons (Fsp3) is 0.0638. The van der Waals surface area contributed by atoms with Crippen molar-refractivity contribution in [3.8, 4) is 16.8 Å². The van der Waals surface area contributed by atoms with E-state index < -0.39 is 0 Å². The van der Waals surface area contributed by atoms with E-state index in [9.17, 15) is 0 Å². The van der Waals surface area contributed by atoms with Gasteiger partial charge < -0.3 is 9.47 Å². The number of rotatable bonds is 4. The first-order valence-electron chi connectivity index (χ1n) is 17.1. The van der Waals surface area contributed by atoms with Crippen LogP contribution in [0.25, 0.3) is 60.2 Å². The molecule has 2 nitrogen and oxygen atoms in total. The van der Waals surface area contributed by atoms with Gasteiger partial charge in [-0.05, 0) is 93.0 Å². The molecule has 1 aliphatic carbocycles. The number of hydrogen-bond acceptors (Lipinski definition) is 1. The second-order valence-corrected chi connectivity index (χ2v) is 13.8. The molecule has 0 saturated heterocycles. The first-order chi connectivity index (χ1) is 24.1. The summed E-state index contributed by atoms with van der Waals surface area (Å²) < 4.78 is 2.43. The Hall–Kier alpha value is -6.12. The molecule has 1 aliphatic rings. The van der Waals surface area contributed by atoms with Crippen molar-refractivity contribution >= 4 is 60.4 Å². The quantitative estimate of drug-likeness (QED) is 0.176. The van der Waals surface area contributed by atoms with Gasteiger partial charge in [0.15, 0.2) is 0 Å². The van der Waals surface area contributed by atoms with E-state index in [4.69, 9.17) is 0 Å². The maximum Gasteiger partial charge on any atom is 0.0546 e. The Balaban J connectivity index is 1.16. The summed E-state index contributed by atoms with van der Waals surface area (Å²) in [6.45, 7) is 4.77. The third-order valence-electron chi connectivity index (χ3n) is 10.7. The van der Waals surface area contributed by atoms with Crippen LogP contribution in [0.1, 0.15) is 25.0 Å². The largest absolute Gasteiger partial charge is 0.310 e. The molecule has 0 saturated carbocycles. The molecule has 49 heavy (non-hydrogen) atoms. The molecule has 10 rings (SSSR count). The van der Waals surface area contributed by atoms with E-state index >= 15 is 0 Å². The fourth-order valence-electron chi connectivity index (χ4n) is 8.42. The molecule has 1 aromatic heterocycles. The highest BCUT2D eigenvalue weighted by Gasteiger charge is 2.36. The van der Waals surface area contributed by atoms with Crippen LogP contribution in [0.3, 0.4) is 0 Å². The first-order valence-corrected chi connectivity index (χ1v) is 17.1. The van der Waals surface area contributed by atoms with E-state index in [1.807, 2.05) is 0 Å². The summed E-state index contributed by atoms with van der Waals surface area (Å²) in [5, 5.41) is 7.59. The van der Waals surface area contributed by atoms with Gasteiger partial charge in [0.1, 0.15) is 0 Å². The molecule has 0 spiro atoms. The van der Waals surface area contributed by atoms with E-state index in [0.29, 0.717) is 0 Å². The van der Waals surface area contributed by atoms with E-state index in [1.165, 1.54) is 77.0 Å². The van der Waals surface area contributed by atoms with Crippen LogP contribution in [0.15, 0.2) is 170 Å². The SMILES string of the molecule is CC1(C)c2cc(N(c3ccccc3)c3cc4ccccc4c4ccccc34)ccc2-c2ccc(-n3c4ccccc4c4ccccc43)cc21. The van der Waals surface area contributed by atoms with Crippen LogP contribution in [-0.2, 0) is 5.41 Å². The number of anilines is 3. The van der Waals surface area contributed by atoms with Gasteiger partial charge >= 0.3 is 0 Å². The topological polar surface area (TPSA) is 8.17 Å². The lowest BCUT2D eigenvalue weighted by Crippen LogP contribution is -2.17. The summed E-state index contributed by atoms with van der Waals surface area (Å²) in [5.74, 6) is 0. The molecule has 0 radical (unpaired) electrons. The van der Waals surface area contributed by atoms with Gasteiger partial charge in [-0.1, -0.05) is 129 Å². The molecule has 9 aromatic rings. The van der Waals surface area contributed by atoms with Crippen molar-refractivity contribution in [2.75, 3.05) is 4.90 Å². The molecule has 1 heterocycles. The van der Waals surface area contributed by atoms with Crippen molar-refractivity contribution in [2.45, 2.75) is 19.3 Å². The Morgan fingerprint density at radius 1 is 0.429 bits per heavy atom. The normalized spacial score (nSPS) is 13.3. The van der Waals surface area contributed by atoms with Crippen LogP contribution in [-0.4, -0.2) is 4.57 Å². The standard InChI is InChI=1S/C47H34N2/c1-47(2)42-29-33(48(32-15-4-3-5-16-32)46-28-31-14-6-7-17-35(31)36-18-8-9-19-39(36)46)24-26-37(42)38-27-25-34(30-43(38)47)49-44-22-12-10-20-40(44)41-21-11-13-23-45(41)49/h3-30H,1-2H3. The number of fused-ring (bicyclic) bond motifs is 9. The Morgan fingerprint density at radius 2 is 0.980 bits per heavy atom. The van der Waals surface area contributed by atoms with Crippen LogP contribution >= 0.6 is 0 Å². The minimum absolute atomic E-state index is 0.191. The zero-order valence-corrected chi connectivity index (χ0v) is 27.6. The molecule has 0 fully saturated rings. The van der Waals surface area contributed by atoms with E-state index in [2.05, 4.69) is 193 Å². The minimum atomic E-state index is -0.191. The number of benzene rings is 8. The summed E-state index contributed by atoms with van der Waals surface area (Å²) >= 11 is 0. The molecule has 8 aromatic carbocycles. The molecule has 0 amide bonds. The Kier molecular flexibility index (Phi) is 5.95. The average molecular weight is 627 g/mol. The van der Waals surface area contributed by atoms with Gasteiger partial charge in [-0.15, -0.1) is 0 Å². The van der Waals surface area contributed by atoms with Crippen molar-refractivity contribution in [1.82, 2.24) is 4.57 Å². The van der Waals surface area contributed by atoms with Crippen molar-refractivity contribution in [3.05, 3.63) is 181 Å². The van der Waals surface area contributed by atoms with Crippen molar-refractivity contribution in [1.29, 1.82) is 0 Å². The zero-order valence-electron chi connectivity index (χ0n) is 27.6. The van der Waals surface area contributed by atoms with Crippen molar-refractivity contribution in [2.24, 2.45) is 0 Å². The predicted octanol–water partition coefficient (Wildman–Crippen LogP) is 12.9. The smallest absolute Gasteiger partial charge is 0.0546 e. The van der Waals surface area contributed by atoms with Crippen LogP contribution in [0, 0.1) is 0 Å². The molecular formula is C47H34N2. The van der Waals surface area contributed by atoms with Crippen LogP contribution in [0.2, 0.25) is 0 Å². The summed E-state index contributed by atoms with van der Waals surface area (Å²) in [6.07, 6.45) is 0. The van der Waals surface area contributed by atoms with Gasteiger partial charge in [0.2, 0.25) is 0 Å². The highest BCUT2D eigenvalue weighted by molar-refractivity contribution is 6.14. The van der Waals surface area contributed by atoms with Crippen LogP contribution < -0.4 is 4.90 Å². The summed E-state index contributed by atoms with van der Waals surface area (Å²) in [6, 6.07) is 62.4. The molecule has 0 N–H and O–H groups in total. The highest BCUT2D eigenvalue weighted by Crippen LogP contribution is 2.52. The van der Waals surface area contributed by atoms with Crippen LogP contribution in [0.5, 0.6) is 0 Å². The molecule has 0 aliphatic heterocycles. The maximum absolute atomic E-state index is 2.44. The summed E-state index contributed by atoms with van der Waals surface area (Å²) in [4.78, 5) is 2.44. The van der Waals surface area contributed by atoms with E-state index in [1.54, 1.807) is 0 Å². The number of para-hydroxylation sites is 3. The van der Waals surface area contributed by atoms with E-state index in [-0.39, 0.29) is 5.41 Å². The lowest BCUT2D eigenvalue weighted by atomic mass is 9.82. The van der Waals surface area contributed by atoms with Gasteiger partial charge in [0, 0.05) is 38.6 Å². The summed E-state index contributed by atoms with van der Waals surface area (Å²) in [5.41, 5.74) is 12.3. The minimum Gasteiger partial charge on any atom is -0.310 e. The maximum atomic E-state index is 2.44. The number of aromatic nitrogens is 1. The Morgan fingerprint density at radius 3 is 1.69 bits per heavy atom. The number of nitrogens with zero attached hydrogens (tertiary/aromatic N) is 2. The second-order valence-electron chi connectivity index (χ2n) is 13.8. The van der Waals surface area contributed by atoms with Gasteiger partial charge in [-0.2, -0.15) is 0 Å². The van der Waals surface area contributed by atoms with Crippen molar-refractivity contribution < 1.29 is 0 Å². The van der Waals surface area contributed by atoms with Gasteiger partial charge in [0.25, 0.3) is 0 Å². The highest BCUT2D eigenvalue weighted by atomic mass is 15.1. The fourth-order valence-corrected chi connectivity index (χ4v) is 8.42. The lowest BCUT2D eigenvalue weighted by molar-refractivity contribution is 0.660. The van der Waals surface area contributed by atoms with Gasteiger partial charge in [-0.3, -0.25) is 0 Å². The molecule has 0 atom stereocenters. The molecular weight excluding hydrogens is 593 g/mol. The monoisotopic (exact) mass is 626 g/mol. The molecule has 0 unspecified atom stereocenters. The average Bonchev–Trinajstić information content (AvgIpc) is 3.60. The van der Waals surface area contributed by atoms with Gasteiger partial charge in [-0.25, -0.2) is 0 Å². The van der Waals surface area contributed by atoms with E-state index in [0.717, 1.165) is 11.4 Å². The molecule has 2 heteroatoms. The third-order valence-corrected chi connectivity index (χ3v) is 10.7. The lowest BCUT2D eigenvalue weighted by Gasteiger charge is -2.29. The predicted molar refractivity (Wildman–Crippen MR) is 208 cm³/mol. The summed E-state index contributed by atoms with van der Waals surface area (Å²) in [7, 11) is 0. The number of hydrogen-bond donors (Lipinski definition) is 0. The Bertz CT molecular complexity index is 2700. The Labute approximate surface area is 286 Å². The van der Waals surface area contributed by atoms with Crippen molar-refractivity contribution in [3.63, 3.8) is 0 Å². The third kappa shape index (κ3) is 4.07. The first kappa shape index (κ1) is 27.9. The van der Waals surface area contributed by atoms with Crippen LogP contribution in [0.4, 0.5) is 17.1 Å².